The Balaban J connectivity index is 2.12. The van der Waals surface area contributed by atoms with Crippen LogP contribution in [0.2, 0.25) is 0 Å². The largest absolute Gasteiger partial charge is 0.344 e. The van der Waals surface area contributed by atoms with E-state index in [2.05, 4.69) is 17.2 Å². The van der Waals surface area contributed by atoms with Crippen molar-refractivity contribution in [2.45, 2.75) is 45.1 Å². The summed E-state index contributed by atoms with van der Waals surface area (Å²) in [6.07, 6.45) is 4.27. The van der Waals surface area contributed by atoms with Crippen LogP contribution in [0.5, 0.6) is 0 Å². The molecule has 1 aromatic heterocycles. The third kappa shape index (κ3) is 3.32. The van der Waals surface area contributed by atoms with E-state index in [1.54, 1.807) is 6.07 Å². The molecule has 1 aliphatic carbocycles. The maximum atomic E-state index is 12.3. The number of aromatic nitrogens is 1. The van der Waals surface area contributed by atoms with Crippen molar-refractivity contribution in [1.29, 1.82) is 0 Å². The molecule has 0 radical (unpaired) electrons. The molecule has 2 unspecified atom stereocenters. The van der Waals surface area contributed by atoms with Crippen molar-refractivity contribution in [1.82, 2.24) is 10.3 Å². The molecule has 104 valence electrons. The van der Waals surface area contributed by atoms with Crippen molar-refractivity contribution in [3.8, 4) is 0 Å². The zero-order valence-corrected chi connectivity index (χ0v) is 11.8. The lowest BCUT2D eigenvalue weighted by atomic mass is 9.76. The number of carbonyl (C=O) groups excluding carboxylic acids is 1. The van der Waals surface area contributed by atoms with Crippen LogP contribution in [0.3, 0.4) is 0 Å². The summed E-state index contributed by atoms with van der Waals surface area (Å²) in [7, 11) is 0. The highest BCUT2D eigenvalue weighted by atomic mass is 16.2. The summed E-state index contributed by atoms with van der Waals surface area (Å²) in [6, 6.07) is 5.49. The summed E-state index contributed by atoms with van der Waals surface area (Å²) in [5, 5.41) is 3.13. The Labute approximate surface area is 114 Å². The molecule has 1 amide bonds. The fourth-order valence-electron chi connectivity index (χ4n) is 2.98. The van der Waals surface area contributed by atoms with E-state index in [4.69, 9.17) is 5.73 Å². The van der Waals surface area contributed by atoms with Gasteiger partial charge in [0.25, 0.3) is 5.91 Å². The Kier molecular flexibility index (Phi) is 4.20. The molecule has 2 rings (SSSR count). The molecular weight excluding hydrogens is 238 g/mol. The van der Waals surface area contributed by atoms with Gasteiger partial charge in [0.1, 0.15) is 5.69 Å². The number of aryl methyl sites for hydroxylation is 1. The number of nitrogens with zero attached hydrogens (tertiary/aromatic N) is 1. The molecular formula is C15H23N3O. The van der Waals surface area contributed by atoms with Gasteiger partial charge in [-0.1, -0.05) is 25.8 Å². The Morgan fingerprint density at radius 2 is 2.37 bits per heavy atom. The predicted octanol–water partition coefficient (Wildman–Crippen LogP) is 2.03. The highest BCUT2D eigenvalue weighted by molar-refractivity contribution is 5.92. The second-order valence-corrected chi connectivity index (χ2v) is 5.80. The van der Waals surface area contributed by atoms with Crippen LogP contribution < -0.4 is 11.1 Å². The second kappa shape index (κ2) is 5.70. The van der Waals surface area contributed by atoms with Gasteiger partial charge in [-0.15, -0.1) is 0 Å². The lowest BCUT2D eigenvalue weighted by Gasteiger charge is -2.39. The minimum absolute atomic E-state index is 0.108. The van der Waals surface area contributed by atoms with Crippen LogP contribution in [-0.4, -0.2) is 23.0 Å². The van der Waals surface area contributed by atoms with E-state index in [1.165, 1.54) is 6.42 Å². The molecule has 4 heteroatoms. The van der Waals surface area contributed by atoms with Crippen LogP contribution in [0.25, 0.3) is 0 Å². The molecule has 0 aromatic carbocycles. The molecule has 1 heterocycles. The minimum Gasteiger partial charge on any atom is -0.344 e. The van der Waals surface area contributed by atoms with Crippen LogP contribution in [-0.2, 0) is 0 Å². The molecule has 0 spiro atoms. The van der Waals surface area contributed by atoms with Gasteiger partial charge in [-0.25, -0.2) is 4.98 Å². The van der Waals surface area contributed by atoms with Crippen molar-refractivity contribution in [2.75, 3.05) is 6.54 Å². The average Bonchev–Trinajstić information content (AvgIpc) is 2.38. The topological polar surface area (TPSA) is 68.0 Å². The van der Waals surface area contributed by atoms with Gasteiger partial charge < -0.3 is 11.1 Å². The molecule has 3 N–H and O–H groups in total. The van der Waals surface area contributed by atoms with E-state index in [0.717, 1.165) is 25.0 Å². The predicted molar refractivity (Wildman–Crippen MR) is 75.9 cm³/mol. The van der Waals surface area contributed by atoms with E-state index in [9.17, 15) is 4.79 Å². The fourth-order valence-corrected chi connectivity index (χ4v) is 2.98. The lowest BCUT2D eigenvalue weighted by molar-refractivity contribution is 0.0848. The molecule has 4 nitrogen and oxygen atoms in total. The Morgan fingerprint density at radius 1 is 1.58 bits per heavy atom. The van der Waals surface area contributed by atoms with Gasteiger partial charge in [-0.3, -0.25) is 4.79 Å². The third-order valence-corrected chi connectivity index (χ3v) is 3.98. The number of amides is 1. The Morgan fingerprint density at radius 3 is 3.00 bits per heavy atom. The van der Waals surface area contributed by atoms with Gasteiger partial charge in [-0.05, 0) is 37.8 Å². The number of rotatable bonds is 3. The van der Waals surface area contributed by atoms with Gasteiger partial charge in [-0.2, -0.15) is 0 Å². The van der Waals surface area contributed by atoms with Crippen LogP contribution >= 0.6 is 0 Å². The first kappa shape index (κ1) is 14.0. The average molecular weight is 261 g/mol. The first-order chi connectivity index (χ1) is 9.04. The minimum atomic E-state index is -0.250. The summed E-state index contributed by atoms with van der Waals surface area (Å²) in [5.41, 5.74) is 7.00. The van der Waals surface area contributed by atoms with Crippen molar-refractivity contribution in [3.63, 3.8) is 0 Å². The summed E-state index contributed by atoms with van der Waals surface area (Å²) >= 11 is 0. The Bertz CT molecular complexity index is 460. The maximum absolute atomic E-state index is 12.3. The first-order valence-electron chi connectivity index (χ1n) is 7.01. The molecule has 0 bridgehead atoms. The van der Waals surface area contributed by atoms with Gasteiger partial charge >= 0.3 is 0 Å². The molecule has 1 saturated carbocycles. The summed E-state index contributed by atoms with van der Waals surface area (Å²) in [4.78, 5) is 16.6. The normalized spacial score (nSPS) is 27.0. The molecule has 2 atom stereocenters. The van der Waals surface area contributed by atoms with Gasteiger partial charge in [0.15, 0.2) is 0 Å². The van der Waals surface area contributed by atoms with Crippen LogP contribution in [0.4, 0.5) is 0 Å². The second-order valence-electron chi connectivity index (χ2n) is 5.80. The van der Waals surface area contributed by atoms with Crippen LogP contribution in [0.15, 0.2) is 18.2 Å². The van der Waals surface area contributed by atoms with Gasteiger partial charge in [0.2, 0.25) is 0 Å². The zero-order chi connectivity index (χ0) is 13.9. The van der Waals surface area contributed by atoms with Gasteiger partial charge in [0.05, 0.1) is 5.54 Å². The van der Waals surface area contributed by atoms with E-state index in [1.807, 2.05) is 19.1 Å². The number of hydrogen-bond donors (Lipinski definition) is 2. The monoisotopic (exact) mass is 261 g/mol. The smallest absolute Gasteiger partial charge is 0.270 e. The molecule has 19 heavy (non-hydrogen) atoms. The Hall–Kier alpha value is -1.42. The SMILES string of the molecule is Cc1cccc(C(=O)NC2(CN)CCCC(C)C2)n1. The quantitative estimate of drug-likeness (QED) is 0.874. The highest BCUT2D eigenvalue weighted by Gasteiger charge is 2.35. The molecule has 1 aromatic rings. The van der Waals surface area contributed by atoms with Crippen molar-refractivity contribution in [2.24, 2.45) is 11.7 Å². The number of carbonyl (C=O) groups is 1. The van der Waals surface area contributed by atoms with Crippen LogP contribution in [0, 0.1) is 12.8 Å². The molecule has 0 aliphatic heterocycles. The molecule has 1 fully saturated rings. The first-order valence-corrected chi connectivity index (χ1v) is 7.01. The third-order valence-electron chi connectivity index (χ3n) is 3.98. The van der Waals surface area contributed by atoms with Crippen molar-refractivity contribution in [3.05, 3.63) is 29.6 Å². The van der Waals surface area contributed by atoms with Crippen LogP contribution in [0.1, 0.15) is 48.8 Å². The summed E-state index contributed by atoms with van der Waals surface area (Å²) in [5.74, 6) is 0.506. The van der Waals surface area contributed by atoms with Crippen molar-refractivity contribution < 1.29 is 4.79 Å². The van der Waals surface area contributed by atoms with E-state index >= 15 is 0 Å². The summed E-state index contributed by atoms with van der Waals surface area (Å²) < 4.78 is 0. The number of nitrogens with one attached hydrogen (secondary N) is 1. The van der Waals surface area contributed by atoms with E-state index < -0.39 is 0 Å². The maximum Gasteiger partial charge on any atom is 0.270 e. The zero-order valence-electron chi connectivity index (χ0n) is 11.8. The number of pyridine rings is 1. The van der Waals surface area contributed by atoms with E-state index in [-0.39, 0.29) is 11.4 Å². The molecule has 1 aliphatic rings. The summed E-state index contributed by atoms with van der Waals surface area (Å²) in [6.45, 7) is 4.60. The van der Waals surface area contributed by atoms with Crippen molar-refractivity contribution >= 4 is 5.91 Å². The highest BCUT2D eigenvalue weighted by Crippen LogP contribution is 2.31. The lowest BCUT2D eigenvalue weighted by Crippen LogP contribution is -2.56. The number of hydrogen-bond acceptors (Lipinski definition) is 3. The van der Waals surface area contributed by atoms with E-state index in [0.29, 0.717) is 18.2 Å². The fraction of sp³-hybridized carbons (Fsp3) is 0.600. The standard InChI is InChI=1S/C15H23N3O/c1-11-5-4-8-15(9-11,10-16)18-14(19)13-7-3-6-12(2)17-13/h3,6-7,11H,4-5,8-10,16H2,1-2H3,(H,18,19). The number of nitrogens with two attached hydrogens (primary N) is 1. The molecule has 0 saturated heterocycles. The van der Waals surface area contributed by atoms with Gasteiger partial charge in [0, 0.05) is 12.2 Å².